The Balaban J connectivity index is 2.08. The molecule has 0 unspecified atom stereocenters. The number of unbranched alkanes of at least 4 members (excludes halogenated alkanes) is 2. The molecule has 8 nitrogen and oxygen atoms in total. The Hall–Kier alpha value is -2.78. The molecule has 2 rings (SSSR count). The van der Waals surface area contributed by atoms with Crippen LogP contribution in [0.1, 0.15) is 48.7 Å². The zero-order chi connectivity index (χ0) is 20.6. The van der Waals surface area contributed by atoms with Gasteiger partial charge in [-0.05, 0) is 36.8 Å². The monoisotopic (exact) mass is 405 g/mol. The largest absolute Gasteiger partial charge is 0.390 e. The number of aliphatic hydroxyl groups excluding tert-OH is 1. The molecule has 0 aliphatic heterocycles. The predicted octanol–water partition coefficient (Wildman–Crippen LogP) is 2.21. The highest BCUT2D eigenvalue weighted by Gasteiger charge is 2.19. The molecular weight excluding hydrogens is 382 g/mol. The highest BCUT2D eigenvalue weighted by Crippen LogP contribution is 2.16. The number of rotatable bonds is 9. The van der Waals surface area contributed by atoms with Crippen molar-refractivity contribution in [2.45, 2.75) is 44.1 Å². The fourth-order valence-electron chi connectivity index (χ4n) is 2.39. The molecule has 3 N–H and O–H groups in total. The molecule has 0 bridgehead atoms. The fraction of sp³-hybridized carbons (Fsp3) is 0.316. The Morgan fingerprint density at radius 3 is 2.57 bits per heavy atom. The number of hydrogen-bond acceptors (Lipinski definition) is 6. The molecule has 0 saturated heterocycles. The Morgan fingerprint density at radius 1 is 1.14 bits per heavy atom. The van der Waals surface area contributed by atoms with Crippen molar-refractivity contribution in [1.82, 2.24) is 9.71 Å². The number of carbonyl (C=O) groups excluding carboxylic acids is 2. The molecule has 1 heterocycles. The van der Waals surface area contributed by atoms with Gasteiger partial charge in [0.05, 0.1) is 22.8 Å². The standard InChI is InChI=1S/C19H23N3O5S/c1-2-3-4-8-18(24)21-15-6-5-7-17(11-15)28(26,27)22-19(25)14-9-10-16(13-23)20-12-14/h5-7,9-12,23H,2-4,8,13H2,1H3,(H,21,24)(H,22,25). The van der Waals surface area contributed by atoms with Crippen molar-refractivity contribution >= 4 is 27.5 Å². The summed E-state index contributed by atoms with van der Waals surface area (Å²) in [5.41, 5.74) is 0.744. The van der Waals surface area contributed by atoms with Crippen LogP contribution in [0.25, 0.3) is 0 Å². The first-order valence-corrected chi connectivity index (χ1v) is 10.4. The second-order valence-electron chi connectivity index (χ2n) is 6.16. The summed E-state index contributed by atoms with van der Waals surface area (Å²) in [6, 6.07) is 8.48. The lowest BCUT2D eigenvalue weighted by molar-refractivity contribution is -0.116. The van der Waals surface area contributed by atoms with E-state index in [0.29, 0.717) is 17.8 Å². The number of benzene rings is 1. The minimum absolute atomic E-state index is 0.0427. The van der Waals surface area contributed by atoms with Crippen molar-refractivity contribution in [3.05, 3.63) is 53.9 Å². The van der Waals surface area contributed by atoms with Gasteiger partial charge < -0.3 is 10.4 Å². The van der Waals surface area contributed by atoms with Crippen molar-refractivity contribution in [2.24, 2.45) is 0 Å². The van der Waals surface area contributed by atoms with Gasteiger partial charge in [-0.2, -0.15) is 0 Å². The number of pyridine rings is 1. The summed E-state index contributed by atoms with van der Waals surface area (Å²) in [6.07, 6.45) is 4.25. The maximum atomic E-state index is 12.5. The molecule has 9 heteroatoms. The topological polar surface area (TPSA) is 125 Å². The van der Waals surface area contributed by atoms with Crippen LogP contribution in [-0.2, 0) is 21.4 Å². The van der Waals surface area contributed by atoms with Gasteiger partial charge >= 0.3 is 0 Å². The molecule has 0 atom stereocenters. The van der Waals surface area contributed by atoms with Crippen LogP contribution in [0.5, 0.6) is 0 Å². The third kappa shape index (κ3) is 6.14. The first kappa shape index (κ1) is 21.5. The van der Waals surface area contributed by atoms with E-state index >= 15 is 0 Å². The van der Waals surface area contributed by atoms with E-state index < -0.39 is 15.9 Å². The summed E-state index contributed by atoms with van der Waals surface area (Å²) in [5, 5.41) is 11.6. The average molecular weight is 405 g/mol. The lowest BCUT2D eigenvalue weighted by Crippen LogP contribution is -2.30. The quantitative estimate of drug-likeness (QED) is 0.549. The number of sulfonamides is 1. The molecule has 0 spiro atoms. The van der Waals surface area contributed by atoms with Gasteiger partial charge in [0.25, 0.3) is 15.9 Å². The van der Waals surface area contributed by atoms with Gasteiger partial charge in [0.2, 0.25) is 5.91 Å². The maximum Gasteiger partial charge on any atom is 0.266 e. The van der Waals surface area contributed by atoms with Crippen LogP contribution in [0.3, 0.4) is 0 Å². The highest BCUT2D eigenvalue weighted by atomic mass is 32.2. The van der Waals surface area contributed by atoms with Crippen molar-refractivity contribution in [1.29, 1.82) is 0 Å². The zero-order valence-electron chi connectivity index (χ0n) is 15.5. The molecule has 0 aliphatic carbocycles. The third-order valence-corrected chi connectivity index (χ3v) is 5.24. The molecule has 0 fully saturated rings. The summed E-state index contributed by atoms with van der Waals surface area (Å²) < 4.78 is 26.9. The van der Waals surface area contributed by atoms with Crippen LogP contribution >= 0.6 is 0 Å². The molecule has 28 heavy (non-hydrogen) atoms. The Morgan fingerprint density at radius 2 is 1.93 bits per heavy atom. The third-order valence-electron chi connectivity index (χ3n) is 3.91. The smallest absolute Gasteiger partial charge is 0.266 e. The maximum absolute atomic E-state index is 12.5. The summed E-state index contributed by atoms with van der Waals surface area (Å²) in [7, 11) is -4.13. The molecule has 1 aromatic carbocycles. The van der Waals surface area contributed by atoms with Gasteiger partial charge in [0, 0.05) is 18.3 Å². The normalized spacial score (nSPS) is 11.1. The lowest BCUT2D eigenvalue weighted by atomic mass is 10.2. The van der Waals surface area contributed by atoms with E-state index in [9.17, 15) is 18.0 Å². The average Bonchev–Trinajstić information content (AvgIpc) is 2.68. The van der Waals surface area contributed by atoms with E-state index in [1.54, 1.807) is 6.07 Å². The number of anilines is 1. The van der Waals surface area contributed by atoms with Gasteiger partial charge in [0.15, 0.2) is 0 Å². The van der Waals surface area contributed by atoms with E-state index in [4.69, 9.17) is 5.11 Å². The van der Waals surface area contributed by atoms with E-state index in [1.165, 1.54) is 36.5 Å². The number of nitrogens with zero attached hydrogens (tertiary/aromatic N) is 1. The molecule has 0 radical (unpaired) electrons. The molecule has 2 aromatic rings. The van der Waals surface area contributed by atoms with Crippen LogP contribution in [-0.4, -0.2) is 30.3 Å². The fourth-order valence-corrected chi connectivity index (χ4v) is 3.41. The van der Waals surface area contributed by atoms with Crippen molar-refractivity contribution in [3.8, 4) is 0 Å². The summed E-state index contributed by atoms with van der Waals surface area (Å²) in [6.45, 7) is 1.76. The van der Waals surface area contributed by atoms with Gasteiger partial charge in [0.1, 0.15) is 0 Å². The van der Waals surface area contributed by atoms with Crippen molar-refractivity contribution < 1.29 is 23.1 Å². The second-order valence-corrected chi connectivity index (χ2v) is 7.85. The first-order valence-electron chi connectivity index (χ1n) is 8.88. The summed E-state index contributed by atoms with van der Waals surface area (Å²) in [4.78, 5) is 27.8. The minimum atomic E-state index is -4.13. The highest BCUT2D eigenvalue weighted by molar-refractivity contribution is 7.90. The number of aromatic nitrogens is 1. The molecule has 2 amide bonds. The van der Waals surface area contributed by atoms with Crippen molar-refractivity contribution in [2.75, 3.05) is 5.32 Å². The number of aliphatic hydroxyl groups is 1. The van der Waals surface area contributed by atoms with Crippen LogP contribution in [0.2, 0.25) is 0 Å². The molecule has 150 valence electrons. The SMILES string of the molecule is CCCCCC(=O)Nc1cccc(S(=O)(=O)NC(=O)c2ccc(CO)nc2)c1. The Bertz CT molecular complexity index is 927. The summed E-state index contributed by atoms with van der Waals surface area (Å²) >= 11 is 0. The van der Waals surface area contributed by atoms with Crippen molar-refractivity contribution in [3.63, 3.8) is 0 Å². The van der Waals surface area contributed by atoms with Crippen LogP contribution in [0.15, 0.2) is 47.5 Å². The molecule has 1 aromatic heterocycles. The van der Waals surface area contributed by atoms with E-state index in [0.717, 1.165) is 19.3 Å². The van der Waals surface area contributed by atoms with Gasteiger partial charge in [-0.1, -0.05) is 25.8 Å². The van der Waals surface area contributed by atoms with E-state index in [2.05, 4.69) is 10.3 Å². The number of carbonyl (C=O) groups is 2. The predicted molar refractivity (Wildman–Crippen MR) is 104 cm³/mol. The number of amides is 2. The van der Waals surface area contributed by atoms with Gasteiger partial charge in [-0.25, -0.2) is 13.1 Å². The van der Waals surface area contributed by atoms with E-state index in [1.807, 2.05) is 11.6 Å². The van der Waals surface area contributed by atoms with Crippen LogP contribution < -0.4 is 10.0 Å². The summed E-state index contributed by atoms with van der Waals surface area (Å²) in [5.74, 6) is -1.03. The van der Waals surface area contributed by atoms with E-state index in [-0.39, 0.29) is 23.0 Å². The van der Waals surface area contributed by atoms with Gasteiger partial charge in [-0.15, -0.1) is 0 Å². The second kappa shape index (κ2) is 9.95. The van der Waals surface area contributed by atoms with Gasteiger partial charge in [-0.3, -0.25) is 14.6 Å². The number of hydrogen-bond donors (Lipinski definition) is 3. The first-order chi connectivity index (χ1) is 13.4. The Labute approximate surface area is 164 Å². The zero-order valence-corrected chi connectivity index (χ0v) is 16.3. The van der Waals surface area contributed by atoms with Crippen LogP contribution in [0, 0.1) is 0 Å². The molecule has 0 aliphatic rings. The molecular formula is C19H23N3O5S. The Kier molecular flexibility index (Phi) is 7.65. The van der Waals surface area contributed by atoms with Crippen LogP contribution in [0.4, 0.5) is 5.69 Å². The number of nitrogens with one attached hydrogen (secondary N) is 2. The lowest BCUT2D eigenvalue weighted by Gasteiger charge is -2.10. The molecule has 0 saturated carbocycles. The minimum Gasteiger partial charge on any atom is -0.390 e.